The molecule has 0 bridgehead atoms. The van der Waals surface area contributed by atoms with Crippen LogP contribution < -0.4 is 16.0 Å². The minimum absolute atomic E-state index is 0.0711. The Balaban J connectivity index is 1.33. The van der Waals surface area contributed by atoms with Gasteiger partial charge in [0.1, 0.15) is 5.54 Å². The summed E-state index contributed by atoms with van der Waals surface area (Å²) in [6.45, 7) is 1.20. The molecule has 5 amide bonds. The van der Waals surface area contributed by atoms with Crippen LogP contribution in [0.1, 0.15) is 32.1 Å². The Labute approximate surface area is 156 Å². The van der Waals surface area contributed by atoms with Gasteiger partial charge in [-0.1, -0.05) is 12.2 Å². The van der Waals surface area contributed by atoms with E-state index in [2.05, 4.69) is 28.1 Å². The predicted molar refractivity (Wildman–Crippen MR) is 93.4 cm³/mol. The van der Waals surface area contributed by atoms with Gasteiger partial charge in [0.2, 0.25) is 11.8 Å². The summed E-state index contributed by atoms with van der Waals surface area (Å²) in [5, 5.41) is 7.85. The molecule has 9 nitrogen and oxygen atoms in total. The zero-order chi connectivity index (χ0) is 19.0. The number of nitrogens with one attached hydrogen (secondary N) is 3. The quantitative estimate of drug-likeness (QED) is 0.449. The fourth-order valence-corrected chi connectivity index (χ4v) is 4.36. The van der Waals surface area contributed by atoms with Crippen LogP contribution in [0.5, 0.6) is 0 Å². The van der Waals surface area contributed by atoms with Crippen LogP contribution in [0.25, 0.3) is 0 Å². The lowest BCUT2D eigenvalue weighted by atomic mass is 9.67. The van der Waals surface area contributed by atoms with Crippen LogP contribution in [0.4, 0.5) is 4.79 Å². The van der Waals surface area contributed by atoms with Crippen LogP contribution in [0.2, 0.25) is 0 Å². The van der Waals surface area contributed by atoms with E-state index in [4.69, 9.17) is 4.74 Å². The number of nitrogens with zero attached hydrogens (tertiary/aromatic N) is 1. The van der Waals surface area contributed by atoms with Crippen molar-refractivity contribution in [3.63, 3.8) is 0 Å². The molecule has 1 spiro atoms. The monoisotopic (exact) mass is 376 g/mol. The Kier molecular flexibility index (Phi) is 4.63. The normalized spacial score (nSPS) is 33.0. The van der Waals surface area contributed by atoms with Gasteiger partial charge in [0.15, 0.2) is 0 Å². The van der Waals surface area contributed by atoms with Gasteiger partial charge in [-0.25, -0.2) is 4.79 Å². The van der Waals surface area contributed by atoms with Crippen LogP contribution in [0, 0.1) is 5.92 Å². The number of amides is 5. The molecular formula is C18H24N4O5. The number of rotatable bonds is 4. The summed E-state index contributed by atoms with van der Waals surface area (Å²) >= 11 is 0. The molecule has 3 N–H and O–H groups in total. The molecule has 1 saturated carbocycles. The first-order chi connectivity index (χ1) is 13.0. The molecule has 9 heteroatoms. The highest BCUT2D eigenvalue weighted by Gasteiger charge is 2.58. The number of imide groups is 1. The number of morpholine rings is 1. The number of hydrogen-bond donors (Lipinski definition) is 3. The first kappa shape index (κ1) is 18.0. The van der Waals surface area contributed by atoms with E-state index in [0.717, 1.165) is 12.8 Å². The van der Waals surface area contributed by atoms with Gasteiger partial charge in [0.25, 0.3) is 5.91 Å². The smallest absolute Gasteiger partial charge is 0.322 e. The highest BCUT2D eigenvalue weighted by Crippen LogP contribution is 2.41. The average molecular weight is 376 g/mol. The highest BCUT2D eigenvalue weighted by molar-refractivity contribution is 6.08. The molecule has 2 aliphatic heterocycles. The van der Waals surface area contributed by atoms with E-state index in [9.17, 15) is 19.2 Å². The zero-order valence-electron chi connectivity index (χ0n) is 15.0. The third-order valence-electron chi connectivity index (χ3n) is 5.86. The van der Waals surface area contributed by atoms with Crippen LogP contribution in [-0.4, -0.2) is 66.0 Å². The Morgan fingerprint density at radius 3 is 2.67 bits per heavy atom. The van der Waals surface area contributed by atoms with Crippen molar-refractivity contribution in [2.24, 2.45) is 5.92 Å². The van der Waals surface area contributed by atoms with Crippen molar-refractivity contribution in [3.8, 4) is 0 Å². The van der Waals surface area contributed by atoms with Crippen molar-refractivity contribution in [1.29, 1.82) is 0 Å². The van der Waals surface area contributed by atoms with Crippen molar-refractivity contribution in [2.45, 2.75) is 49.7 Å². The third-order valence-corrected chi connectivity index (χ3v) is 5.86. The Bertz CT molecular complexity index is 692. The van der Waals surface area contributed by atoms with Crippen molar-refractivity contribution in [2.75, 3.05) is 19.8 Å². The molecule has 0 aromatic rings. The molecule has 0 aromatic carbocycles. The van der Waals surface area contributed by atoms with Crippen molar-refractivity contribution >= 4 is 23.8 Å². The van der Waals surface area contributed by atoms with Crippen LogP contribution in [0.15, 0.2) is 12.2 Å². The minimum Gasteiger partial charge on any atom is -0.377 e. The summed E-state index contributed by atoms with van der Waals surface area (Å²) in [4.78, 5) is 50.2. The third kappa shape index (κ3) is 3.43. The van der Waals surface area contributed by atoms with E-state index < -0.39 is 11.6 Å². The molecule has 4 rings (SSSR count). The summed E-state index contributed by atoms with van der Waals surface area (Å²) in [6.07, 6.45) is 6.59. The Morgan fingerprint density at radius 1 is 1.26 bits per heavy atom. The number of carbonyl (C=O) groups is 4. The van der Waals surface area contributed by atoms with E-state index in [-0.39, 0.29) is 42.1 Å². The molecule has 0 radical (unpaired) electrons. The molecule has 3 fully saturated rings. The number of hydrogen-bond acceptors (Lipinski definition) is 5. The molecule has 2 saturated heterocycles. The predicted octanol–water partition coefficient (Wildman–Crippen LogP) is -0.573. The van der Waals surface area contributed by atoms with E-state index in [0.29, 0.717) is 32.6 Å². The zero-order valence-corrected chi connectivity index (χ0v) is 15.0. The number of ether oxygens (including phenoxy) is 1. The average Bonchev–Trinajstić information content (AvgIpc) is 3.20. The molecule has 1 unspecified atom stereocenters. The molecular weight excluding hydrogens is 352 g/mol. The molecule has 2 aliphatic carbocycles. The van der Waals surface area contributed by atoms with Crippen molar-refractivity contribution in [1.82, 2.24) is 20.9 Å². The molecule has 2 heterocycles. The Morgan fingerprint density at radius 2 is 2.00 bits per heavy atom. The van der Waals surface area contributed by atoms with Crippen molar-refractivity contribution < 1.29 is 23.9 Å². The summed E-state index contributed by atoms with van der Waals surface area (Å²) in [6, 6.07) is -0.667. The maximum Gasteiger partial charge on any atom is 0.322 e. The van der Waals surface area contributed by atoms with E-state index in [1.807, 2.05) is 0 Å². The maximum atomic E-state index is 12.9. The molecule has 27 heavy (non-hydrogen) atoms. The van der Waals surface area contributed by atoms with Gasteiger partial charge in [-0.2, -0.15) is 0 Å². The fourth-order valence-electron chi connectivity index (χ4n) is 4.36. The molecule has 4 aliphatic rings. The van der Waals surface area contributed by atoms with Gasteiger partial charge in [0.05, 0.1) is 19.3 Å². The highest BCUT2D eigenvalue weighted by atomic mass is 16.5. The Hall–Kier alpha value is -2.42. The molecule has 0 aromatic heterocycles. The van der Waals surface area contributed by atoms with Gasteiger partial charge < -0.3 is 20.3 Å². The van der Waals surface area contributed by atoms with Crippen LogP contribution >= 0.6 is 0 Å². The molecule has 1 atom stereocenters. The molecule has 146 valence electrons. The second kappa shape index (κ2) is 6.95. The lowest BCUT2D eigenvalue weighted by Crippen LogP contribution is -2.62. The van der Waals surface area contributed by atoms with Crippen LogP contribution in [0.3, 0.4) is 0 Å². The lowest BCUT2D eigenvalue weighted by Gasteiger charge is -2.45. The summed E-state index contributed by atoms with van der Waals surface area (Å²) in [5.41, 5.74) is -0.938. The van der Waals surface area contributed by atoms with Gasteiger partial charge >= 0.3 is 6.03 Å². The standard InChI is InChI=1S/C18H24N4O5/c23-14(19-12-3-1-2-4-12)7-13-10-27-6-5-22(13)15(24)11-8-18(9-11)16(25)20-17(26)21-18/h1-2,11-13H,3-10H2,(H,19,23)(H2,20,21,25,26). The number of carbonyl (C=O) groups excluding carboxylic acids is 4. The van der Waals surface area contributed by atoms with Crippen molar-refractivity contribution in [3.05, 3.63) is 12.2 Å². The van der Waals surface area contributed by atoms with Gasteiger partial charge in [-0.3, -0.25) is 19.7 Å². The fraction of sp³-hybridized carbons (Fsp3) is 0.667. The maximum absolute atomic E-state index is 12.9. The first-order valence-corrected chi connectivity index (χ1v) is 9.43. The summed E-state index contributed by atoms with van der Waals surface area (Å²) < 4.78 is 5.48. The first-order valence-electron chi connectivity index (χ1n) is 9.43. The summed E-state index contributed by atoms with van der Waals surface area (Å²) in [5.74, 6) is -0.834. The lowest BCUT2D eigenvalue weighted by molar-refractivity contribution is -0.152. The van der Waals surface area contributed by atoms with Gasteiger partial charge in [-0.05, 0) is 25.7 Å². The second-order valence-electron chi connectivity index (χ2n) is 7.77. The van der Waals surface area contributed by atoms with E-state index in [1.54, 1.807) is 4.90 Å². The topological polar surface area (TPSA) is 117 Å². The van der Waals surface area contributed by atoms with Gasteiger partial charge in [-0.15, -0.1) is 0 Å². The van der Waals surface area contributed by atoms with Crippen LogP contribution in [-0.2, 0) is 19.1 Å². The second-order valence-corrected chi connectivity index (χ2v) is 7.77. The van der Waals surface area contributed by atoms with Gasteiger partial charge in [0, 0.05) is 24.9 Å². The van der Waals surface area contributed by atoms with E-state index >= 15 is 0 Å². The van der Waals surface area contributed by atoms with E-state index in [1.165, 1.54) is 0 Å². The summed E-state index contributed by atoms with van der Waals surface area (Å²) in [7, 11) is 0. The largest absolute Gasteiger partial charge is 0.377 e. The SMILES string of the molecule is O=C(CC1COCCN1C(=O)C1CC2(C1)NC(=O)NC2=O)NC1CC=CC1. The number of urea groups is 1. The minimum atomic E-state index is -0.938.